The highest BCUT2D eigenvalue weighted by Crippen LogP contribution is 2.37. The van der Waals surface area contributed by atoms with E-state index in [1.807, 2.05) is 48.3 Å². The van der Waals surface area contributed by atoms with Crippen molar-refractivity contribution in [2.45, 2.75) is 57.1 Å². The third-order valence-corrected chi connectivity index (χ3v) is 11.1. The van der Waals surface area contributed by atoms with Gasteiger partial charge in [-0.3, -0.25) is 9.58 Å². The summed E-state index contributed by atoms with van der Waals surface area (Å²) in [5.41, 5.74) is 7.01. The number of benzene rings is 2. The third-order valence-electron chi connectivity index (χ3n) is 8.55. The minimum atomic E-state index is -3.69. The first-order chi connectivity index (χ1) is 23.2. The van der Waals surface area contributed by atoms with E-state index in [0.717, 1.165) is 89.4 Å². The lowest BCUT2D eigenvalue weighted by Crippen LogP contribution is -2.39. The summed E-state index contributed by atoms with van der Waals surface area (Å²) in [5, 5.41) is 23.9. The average molecular weight is 701 g/mol. The largest absolute Gasteiger partial charge is 0.437 e. The number of nitrogens with one attached hydrogen (secondary N) is 1. The van der Waals surface area contributed by atoms with E-state index in [-0.39, 0.29) is 10.9 Å². The van der Waals surface area contributed by atoms with Crippen LogP contribution >= 0.6 is 22.7 Å². The van der Waals surface area contributed by atoms with Crippen LogP contribution in [0.1, 0.15) is 35.1 Å². The highest BCUT2D eigenvalue weighted by Gasteiger charge is 2.22. The number of aromatic nitrogens is 5. The fraction of sp³-hybridized carbons (Fsp3) is 0.294. The Morgan fingerprint density at radius 3 is 2.48 bits per heavy atom. The second-order valence-electron chi connectivity index (χ2n) is 12.2. The van der Waals surface area contributed by atoms with Gasteiger partial charge in [0, 0.05) is 37.8 Å². The van der Waals surface area contributed by atoms with Gasteiger partial charge in [0.05, 0.1) is 16.6 Å². The van der Waals surface area contributed by atoms with Crippen LogP contribution in [0.25, 0.3) is 21.5 Å². The van der Waals surface area contributed by atoms with Gasteiger partial charge in [-0.15, -0.1) is 16.4 Å². The minimum absolute atomic E-state index is 0.129. The zero-order valence-electron chi connectivity index (χ0n) is 26.7. The number of primary sulfonamides is 1. The second kappa shape index (κ2) is 13.7. The Bertz CT molecular complexity index is 2110. The zero-order chi connectivity index (χ0) is 33.3. The molecule has 0 saturated carbocycles. The Morgan fingerprint density at radius 2 is 1.77 bits per heavy atom. The van der Waals surface area contributed by atoms with Gasteiger partial charge in [-0.2, -0.15) is 16.3 Å². The van der Waals surface area contributed by atoms with E-state index < -0.39 is 10.0 Å². The van der Waals surface area contributed by atoms with Crippen molar-refractivity contribution in [3.8, 4) is 22.9 Å². The van der Waals surface area contributed by atoms with Gasteiger partial charge in [0.15, 0.2) is 0 Å². The smallest absolute Gasteiger partial charge is 0.242 e. The number of likely N-dealkylation sites (tertiary alicyclic amines) is 1. The molecule has 5 heterocycles. The van der Waals surface area contributed by atoms with E-state index in [0.29, 0.717) is 11.8 Å². The predicted molar refractivity (Wildman–Crippen MR) is 190 cm³/mol. The molecule has 6 aromatic rings. The summed E-state index contributed by atoms with van der Waals surface area (Å²) in [5.74, 6) is 1.86. The molecule has 0 spiro atoms. The fourth-order valence-corrected chi connectivity index (χ4v) is 7.98. The number of fused-ring (bicyclic) bond motifs is 1. The molecule has 1 fully saturated rings. The summed E-state index contributed by atoms with van der Waals surface area (Å²) >= 11 is 3.27. The van der Waals surface area contributed by atoms with Crippen LogP contribution in [0.5, 0.6) is 11.6 Å². The number of piperidine rings is 1. The number of anilines is 1. The van der Waals surface area contributed by atoms with Crippen LogP contribution in [0.3, 0.4) is 0 Å². The third kappa shape index (κ3) is 7.42. The molecule has 0 amide bonds. The molecule has 14 heteroatoms. The molecular formula is C34H36N8O3S3. The van der Waals surface area contributed by atoms with Crippen molar-refractivity contribution in [1.29, 1.82) is 0 Å². The first kappa shape index (κ1) is 32.3. The van der Waals surface area contributed by atoms with E-state index in [1.165, 1.54) is 5.56 Å². The normalized spacial score (nSPS) is 14.5. The summed E-state index contributed by atoms with van der Waals surface area (Å²) < 4.78 is 32.5. The van der Waals surface area contributed by atoms with Crippen LogP contribution in [-0.2, 0) is 29.5 Å². The van der Waals surface area contributed by atoms with E-state index in [2.05, 4.69) is 49.5 Å². The van der Waals surface area contributed by atoms with Gasteiger partial charge in [0.1, 0.15) is 16.1 Å². The number of nitrogens with two attached hydrogens (primary N) is 1. The van der Waals surface area contributed by atoms with Gasteiger partial charge in [-0.1, -0.05) is 17.3 Å². The van der Waals surface area contributed by atoms with Gasteiger partial charge < -0.3 is 10.1 Å². The average Bonchev–Trinajstić information content (AvgIpc) is 3.85. The standard InChI is InChI=1S/C34H36N8O3S3/c1-22-17-26(30-20-42(40-39-30)14-7-25-10-15-46-21-25)18-23(2)31(22)45-33-32-29(11-16-47-32)37-34(38-33)36-27-8-12-41(13-9-27)19-24-3-5-28(6-4-24)48(35,43)44/h3-6,10-11,15-18,20-21,27H,7-9,12-14,19H2,1-2H3,(H2,35,43,44)(H,36,37,38). The minimum Gasteiger partial charge on any atom is -0.437 e. The summed E-state index contributed by atoms with van der Waals surface area (Å²) in [4.78, 5) is 12.1. The van der Waals surface area contributed by atoms with Gasteiger partial charge in [0.25, 0.3) is 0 Å². The molecule has 1 aliphatic rings. The summed E-state index contributed by atoms with van der Waals surface area (Å²) in [6.07, 6.45) is 4.77. The molecule has 7 rings (SSSR count). The number of hydrogen-bond donors (Lipinski definition) is 2. The quantitative estimate of drug-likeness (QED) is 0.157. The lowest BCUT2D eigenvalue weighted by molar-refractivity contribution is 0.211. The van der Waals surface area contributed by atoms with Gasteiger partial charge in [-0.25, -0.2) is 18.5 Å². The Kier molecular flexibility index (Phi) is 9.25. The Labute approximate surface area is 287 Å². The predicted octanol–water partition coefficient (Wildman–Crippen LogP) is 6.39. The van der Waals surface area contributed by atoms with E-state index in [1.54, 1.807) is 34.8 Å². The fourth-order valence-electron chi connectivity index (χ4n) is 6.01. The number of thiophene rings is 2. The molecular weight excluding hydrogens is 665 g/mol. The topological polar surface area (TPSA) is 141 Å². The number of hydrogen-bond acceptors (Lipinski definition) is 11. The number of ether oxygens (including phenoxy) is 1. The van der Waals surface area contributed by atoms with Crippen molar-refractivity contribution in [3.05, 3.63) is 93.1 Å². The molecule has 0 bridgehead atoms. The monoisotopic (exact) mass is 700 g/mol. The highest BCUT2D eigenvalue weighted by atomic mass is 32.2. The SMILES string of the molecule is Cc1cc(-c2cn(CCc3ccsc3)nn2)cc(C)c1Oc1nc(NC2CCN(Cc3ccc(S(N)(=O)=O)cc3)CC2)nc2ccsc12. The molecule has 0 atom stereocenters. The summed E-state index contributed by atoms with van der Waals surface area (Å²) in [6, 6.07) is 15.3. The first-order valence-corrected chi connectivity index (χ1v) is 19.1. The molecule has 11 nitrogen and oxygen atoms in total. The summed E-state index contributed by atoms with van der Waals surface area (Å²) in [7, 11) is -3.69. The highest BCUT2D eigenvalue weighted by molar-refractivity contribution is 7.89. The van der Waals surface area contributed by atoms with Crippen LogP contribution in [0, 0.1) is 13.8 Å². The van der Waals surface area contributed by atoms with Crippen LogP contribution in [-0.4, -0.2) is 57.4 Å². The molecule has 48 heavy (non-hydrogen) atoms. The van der Waals surface area contributed by atoms with Gasteiger partial charge >= 0.3 is 0 Å². The number of aryl methyl sites for hydroxylation is 4. The van der Waals surface area contributed by atoms with E-state index in [4.69, 9.17) is 19.8 Å². The summed E-state index contributed by atoms with van der Waals surface area (Å²) in [6.45, 7) is 7.40. The molecule has 4 aromatic heterocycles. The molecule has 1 saturated heterocycles. The van der Waals surface area contributed by atoms with Crippen molar-refractivity contribution in [3.63, 3.8) is 0 Å². The molecule has 0 unspecified atom stereocenters. The van der Waals surface area contributed by atoms with Crippen molar-refractivity contribution >= 4 is 48.9 Å². The lowest BCUT2D eigenvalue weighted by Gasteiger charge is -2.32. The lowest BCUT2D eigenvalue weighted by atomic mass is 10.0. The number of sulfonamides is 1. The van der Waals surface area contributed by atoms with Gasteiger partial charge in [-0.05, 0) is 108 Å². The molecule has 1 aliphatic heterocycles. The molecule has 0 radical (unpaired) electrons. The molecule has 0 aliphatic carbocycles. The van der Waals surface area contributed by atoms with E-state index >= 15 is 0 Å². The zero-order valence-corrected chi connectivity index (χ0v) is 29.1. The molecule has 3 N–H and O–H groups in total. The second-order valence-corrected chi connectivity index (χ2v) is 15.4. The maximum Gasteiger partial charge on any atom is 0.242 e. The van der Waals surface area contributed by atoms with Crippen LogP contribution < -0.4 is 15.2 Å². The Hall–Kier alpha value is -4.21. The van der Waals surface area contributed by atoms with Crippen molar-refractivity contribution in [1.82, 2.24) is 29.9 Å². The van der Waals surface area contributed by atoms with Crippen LogP contribution in [0.4, 0.5) is 5.95 Å². The maximum absolute atomic E-state index is 11.6. The Morgan fingerprint density at radius 1 is 1.00 bits per heavy atom. The van der Waals surface area contributed by atoms with E-state index in [9.17, 15) is 8.42 Å². The van der Waals surface area contributed by atoms with Crippen molar-refractivity contribution in [2.24, 2.45) is 5.14 Å². The maximum atomic E-state index is 11.6. The van der Waals surface area contributed by atoms with Gasteiger partial charge in [0.2, 0.25) is 21.9 Å². The van der Waals surface area contributed by atoms with Crippen LogP contribution in [0.15, 0.2) is 75.8 Å². The molecule has 2 aromatic carbocycles. The molecule has 248 valence electrons. The number of rotatable bonds is 11. The Balaban J connectivity index is 1.01. The van der Waals surface area contributed by atoms with Crippen molar-refractivity contribution < 1.29 is 13.2 Å². The van der Waals surface area contributed by atoms with Crippen molar-refractivity contribution in [2.75, 3.05) is 18.4 Å². The number of nitrogens with zero attached hydrogens (tertiary/aromatic N) is 6. The first-order valence-electron chi connectivity index (χ1n) is 15.7. The van der Waals surface area contributed by atoms with Crippen LogP contribution in [0.2, 0.25) is 0 Å².